The minimum Gasteiger partial charge on any atom is -0.351 e. The van der Waals surface area contributed by atoms with E-state index in [0.29, 0.717) is 5.11 Å². The lowest BCUT2D eigenvalue weighted by atomic mass is 9.91. The lowest BCUT2D eigenvalue weighted by Crippen LogP contribution is -2.50. The Morgan fingerprint density at radius 1 is 1.32 bits per heavy atom. The van der Waals surface area contributed by atoms with Gasteiger partial charge in [-0.3, -0.25) is 4.79 Å². The lowest BCUT2D eigenvalue weighted by molar-refractivity contribution is -0.127. The average molecular weight is 273 g/mol. The van der Waals surface area contributed by atoms with E-state index in [0.717, 1.165) is 29.8 Å². The fraction of sp³-hybridized carbons (Fsp3) is 0.286. The molecule has 1 unspecified atom stereocenters. The Bertz CT molecular complexity index is 567. The molecule has 1 atom stereocenters. The van der Waals surface area contributed by atoms with Gasteiger partial charge in [0.1, 0.15) is 0 Å². The Balaban J connectivity index is 2.07. The smallest absolute Gasteiger partial charge is 0.253 e. The summed E-state index contributed by atoms with van der Waals surface area (Å²) in [4.78, 5) is 14.2. The monoisotopic (exact) mass is 273 g/mol. The molecular weight excluding hydrogens is 258 g/mol. The number of thiocarbonyl (C=S) groups is 1. The summed E-state index contributed by atoms with van der Waals surface area (Å²) in [5.41, 5.74) is 2.80. The van der Waals surface area contributed by atoms with Crippen LogP contribution in [0.4, 0.5) is 0 Å². The second-order valence-electron chi connectivity index (χ2n) is 4.81. The van der Waals surface area contributed by atoms with Crippen molar-refractivity contribution >= 4 is 23.2 Å². The van der Waals surface area contributed by atoms with Crippen LogP contribution in [0.25, 0.3) is 0 Å². The van der Waals surface area contributed by atoms with Crippen LogP contribution < -0.4 is 10.6 Å². The third-order valence-electron chi connectivity index (χ3n) is 3.56. The molecule has 3 rings (SSSR count). The minimum absolute atomic E-state index is 0.0672. The average Bonchev–Trinajstić information content (AvgIpc) is 2.43. The number of carbonyl (C=O) groups excluding carboxylic acids is 1. The van der Waals surface area contributed by atoms with Crippen LogP contribution >= 0.6 is 12.2 Å². The summed E-state index contributed by atoms with van der Waals surface area (Å²) >= 11 is 5.24. The van der Waals surface area contributed by atoms with Crippen LogP contribution in [0.3, 0.4) is 0 Å². The Labute approximate surface area is 117 Å². The third-order valence-corrected chi connectivity index (χ3v) is 3.78. The molecule has 1 aromatic carbocycles. The second kappa shape index (κ2) is 4.66. The van der Waals surface area contributed by atoms with Gasteiger partial charge in [0.15, 0.2) is 5.11 Å². The molecule has 0 spiro atoms. The van der Waals surface area contributed by atoms with Crippen LogP contribution in [-0.4, -0.2) is 29.5 Å². The number of hydrogen-bond donors (Lipinski definition) is 2. The molecule has 1 amide bonds. The van der Waals surface area contributed by atoms with Crippen molar-refractivity contribution in [3.8, 4) is 0 Å². The van der Waals surface area contributed by atoms with E-state index in [-0.39, 0.29) is 11.9 Å². The van der Waals surface area contributed by atoms with E-state index in [4.69, 9.17) is 12.2 Å². The first-order valence-electron chi connectivity index (χ1n) is 6.28. The van der Waals surface area contributed by atoms with Gasteiger partial charge in [-0.1, -0.05) is 30.3 Å². The van der Waals surface area contributed by atoms with Crippen molar-refractivity contribution in [3.05, 3.63) is 47.2 Å². The SMILES string of the molecule is CN1CCC2=C(C1=O)C(c1ccccc1)NC(=S)N2. The molecule has 0 radical (unpaired) electrons. The largest absolute Gasteiger partial charge is 0.351 e. The standard InChI is InChI=1S/C14H15N3OS/c1-17-8-7-10-11(13(17)18)12(16-14(19)15-10)9-5-3-2-4-6-9/h2-6,12H,7-8H2,1H3,(H2,15,16,19). The highest BCUT2D eigenvalue weighted by atomic mass is 32.1. The maximum atomic E-state index is 12.4. The zero-order chi connectivity index (χ0) is 13.4. The summed E-state index contributed by atoms with van der Waals surface area (Å²) in [6, 6.07) is 9.78. The lowest BCUT2D eigenvalue weighted by Gasteiger charge is -2.37. The van der Waals surface area contributed by atoms with Crippen molar-refractivity contribution in [1.82, 2.24) is 15.5 Å². The van der Waals surface area contributed by atoms with Gasteiger partial charge in [-0.25, -0.2) is 0 Å². The van der Waals surface area contributed by atoms with Crippen molar-refractivity contribution < 1.29 is 4.79 Å². The van der Waals surface area contributed by atoms with Crippen molar-refractivity contribution in [2.75, 3.05) is 13.6 Å². The summed E-state index contributed by atoms with van der Waals surface area (Å²) in [7, 11) is 1.83. The molecule has 4 nitrogen and oxygen atoms in total. The summed E-state index contributed by atoms with van der Waals surface area (Å²) < 4.78 is 0. The zero-order valence-electron chi connectivity index (χ0n) is 10.6. The summed E-state index contributed by atoms with van der Waals surface area (Å²) in [5.74, 6) is 0.0672. The highest BCUT2D eigenvalue weighted by Crippen LogP contribution is 2.31. The van der Waals surface area contributed by atoms with Crippen LogP contribution in [0.15, 0.2) is 41.6 Å². The minimum atomic E-state index is -0.153. The van der Waals surface area contributed by atoms with Gasteiger partial charge in [0.2, 0.25) is 0 Å². The number of likely N-dealkylation sites (N-methyl/N-ethyl adjacent to an activating group) is 1. The van der Waals surface area contributed by atoms with E-state index < -0.39 is 0 Å². The molecule has 0 bridgehead atoms. The first-order chi connectivity index (χ1) is 9.16. The van der Waals surface area contributed by atoms with E-state index in [1.54, 1.807) is 4.90 Å². The number of carbonyl (C=O) groups is 1. The number of nitrogens with one attached hydrogen (secondary N) is 2. The van der Waals surface area contributed by atoms with Crippen molar-refractivity contribution in [2.45, 2.75) is 12.5 Å². The normalized spacial score (nSPS) is 22.8. The quantitative estimate of drug-likeness (QED) is 0.758. The highest BCUT2D eigenvalue weighted by Gasteiger charge is 2.35. The topological polar surface area (TPSA) is 44.4 Å². The maximum absolute atomic E-state index is 12.4. The van der Waals surface area contributed by atoms with Crippen molar-refractivity contribution in [1.29, 1.82) is 0 Å². The van der Waals surface area contributed by atoms with E-state index in [9.17, 15) is 4.79 Å². The maximum Gasteiger partial charge on any atom is 0.253 e. The molecule has 1 aromatic rings. The summed E-state index contributed by atoms with van der Waals surface area (Å²) in [5, 5.41) is 6.91. The number of nitrogens with zero attached hydrogens (tertiary/aromatic N) is 1. The van der Waals surface area contributed by atoms with Crippen LogP contribution in [0.1, 0.15) is 18.0 Å². The van der Waals surface area contributed by atoms with E-state index in [1.807, 2.05) is 37.4 Å². The molecule has 2 aliphatic rings. The van der Waals surface area contributed by atoms with Gasteiger partial charge in [-0.05, 0) is 17.8 Å². The molecular formula is C14H15N3OS. The molecule has 0 fully saturated rings. The Hall–Kier alpha value is -1.88. The summed E-state index contributed by atoms with van der Waals surface area (Å²) in [6.07, 6.45) is 0.822. The molecule has 0 aliphatic carbocycles. The predicted octanol–water partition coefficient (Wildman–Crippen LogP) is 1.32. The van der Waals surface area contributed by atoms with Gasteiger partial charge in [-0.15, -0.1) is 0 Å². The number of benzene rings is 1. The van der Waals surface area contributed by atoms with Gasteiger partial charge >= 0.3 is 0 Å². The molecule has 2 heterocycles. The van der Waals surface area contributed by atoms with Gasteiger partial charge in [0.05, 0.1) is 11.6 Å². The fourth-order valence-electron chi connectivity index (χ4n) is 2.55. The fourth-order valence-corrected chi connectivity index (χ4v) is 2.79. The third kappa shape index (κ3) is 2.10. The first kappa shape index (κ1) is 12.2. The molecule has 0 saturated carbocycles. The molecule has 2 N–H and O–H groups in total. The number of amides is 1. The molecule has 5 heteroatoms. The molecule has 19 heavy (non-hydrogen) atoms. The van der Waals surface area contributed by atoms with E-state index in [1.165, 1.54) is 0 Å². The first-order valence-corrected chi connectivity index (χ1v) is 6.68. The van der Waals surface area contributed by atoms with Crippen molar-refractivity contribution in [3.63, 3.8) is 0 Å². The second-order valence-corrected chi connectivity index (χ2v) is 5.22. The molecule has 98 valence electrons. The molecule has 0 aromatic heterocycles. The highest BCUT2D eigenvalue weighted by molar-refractivity contribution is 7.80. The van der Waals surface area contributed by atoms with Gasteiger partial charge in [0.25, 0.3) is 5.91 Å². The van der Waals surface area contributed by atoms with Crippen LogP contribution in [0.2, 0.25) is 0 Å². The zero-order valence-corrected chi connectivity index (χ0v) is 11.5. The van der Waals surface area contributed by atoms with Gasteiger partial charge in [-0.2, -0.15) is 0 Å². The molecule has 0 saturated heterocycles. The van der Waals surface area contributed by atoms with Crippen LogP contribution in [0, 0.1) is 0 Å². The molecule has 2 aliphatic heterocycles. The van der Waals surface area contributed by atoms with Gasteiger partial charge < -0.3 is 15.5 Å². The Morgan fingerprint density at radius 2 is 2.05 bits per heavy atom. The summed E-state index contributed by atoms with van der Waals surface area (Å²) in [6.45, 7) is 0.731. The Morgan fingerprint density at radius 3 is 2.79 bits per heavy atom. The number of hydrogen-bond acceptors (Lipinski definition) is 2. The Kier molecular flexibility index (Phi) is 2.98. The van der Waals surface area contributed by atoms with Crippen molar-refractivity contribution in [2.24, 2.45) is 0 Å². The van der Waals surface area contributed by atoms with Gasteiger partial charge in [0, 0.05) is 25.7 Å². The predicted molar refractivity (Wildman–Crippen MR) is 77.3 cm³/mol. The van der Waals surface area contributed by atoms with Crippen LogP contribution in [-0.2, 0) is 4.79 Å². The van der Waals surface area contributed by atoms with E-state index in [2.05, 4.69) is 10.6 Å². The number of rotatable bonds is 1. The van der Waals surface area contributed by atoms with Crippen LogP contribution in [0.5, 0.6) is 0 Å². The van der Waals surface area contributed by atoms with E-state index >= 15 is 0 Å².